The lowest BCUT2D eigenvalue weighted by atomic mass is 9.58. The highest BCUT2D eigenvalue weighted by atomic mass is 16.3. The molecule has 2 aliphatic rings. The Morgan fingerprint density at radius 1 is 0.487 bits per heavy atom. The summed E-state index contributed by atoms with van der Waals surface area (Å²) in [5.74, 6) is 0. The molecule has 5 heteroatoms. The first-order chi connectivity index (χ1) is 36.9. The van der Waals surface area contributed by atoms with E-state index in [9.17, 15) is 0 Å². The maximum absolute atomic E-state index is 7.38. The molecule has 2 aromatic heterocycles. The number of nitrogens with zero attached hydrogens (tertiary/aromatic N) is 2. The topological polar surface area (TPSA) is 33.3 Å². The van der Waals surface area contributed by atoms with Gasteiger partial charge in [-0.25, -0.2) is 0 Å². The van der Waals surface area contributed by atoms with Crippen molar-refractivity contribution in [3.05, 3.63) is 203 Å². The van der Waals surface area contributed by atoms with Crippen molar-refractivity contribution in [3.63, 3.8) is 0 Å². The molecule has 0 spiro atoms. The number of para-hydroxylation sites is 1. The van der Waals surface area contributed by atoms with Crippen LogP contribution in [0.5, 0.6) is 0 Å². The lowest BCUT2D eigenvalue weighted by Crippen LogP contribution is -2.37. The Kier molecular flexibility index (Phi) is 10.9. The van der Waals surface area contributed by atoms with Gasteiger partial charge in [0.25, 0.3) is 0 Å². The van der Waals surface area contributed by atoms with Crippen LogP contribution < -0.4 is 21.1 Å². The number of anilines is 5. The van der Waals surface area contributed by atoms with Crippen LogP contribution in [0.1, 0.15) is 130 Å². The zero-order valence-electron chi connectivity index (χ0n) is 48.2. The quantitative estimate of drug-likeness (QED) is 0.169. The van der Waals surface area contributed by atoms with Crippen LogP contribution in [0.4, 0.5) is 28.4 Å². The molecule has 11 aromatic rings. The zero-order valence-corrected chi connectivity index (χ0v) is 48.2. The van der Waals surface area contributed by atoms with Crippen LogP contribution in [0.15, 0.2) is 174 Å². The normalized spacial score (nSPS) is 14.0. The van der Waals surface area contributed by atoms with Crippen LogP contribution >= 0.6 is 0 Å². The van der Waals surface area contributed by atoms with Gasteiger partial charge in [0.2, 0.25) is 0 Å². The fourth-order valence-electron chi connectivity index (χ4n) is 12.9. The largest absolute Gasteiger partial charge is 0.455 e. The summed E-state index contributed by atoms with van der Waals surface area (Å²) < 4.78 is 9.97. The highest BCUT2D eigenvalue weighted by Crippen LogP contribution is 2.54. The molecule has 1 aliphatic carbocycles. The van der Waals surface area contributed by atoms with Crippen molar-refractivity contribution in [2.45, 2.75) is 124 Å². The molecule has 78 heavy (non-hydrogen) atoms. The van der Waals surface area contributed by atoms with Gasteiger partial charge >= 0.3 is 0 Å². The van der Waals surface area contributed by atoms with E-state index in [0.717, 1.165) is 57.7 Å². The molecule has 9 aromatic carbocycles. The third-order valence-electron chi connectivity index (χ3n) is 17.4. The van der Waals surface area contributed by atoms with Gasteiger partial charge < -0.3 is 19.2 Å². The summed E-state index contributed by atoms with van der Waals surface area (Å²) in [6, 6.07) is 64.6. The molecule has 1 aliphatic heterocycles. The second-order valence-corrected chi connectivity index (χ2v) is 27.2. The number of aromatic nitrogens is 1. The molecule has 0 atom stereocenters. The predicted octanol–water partition coefficient (Wildman–Crippen LogP) is 18.8. The maximum atomic E-state index is 7.38. The van der Waals surface area contributed by atoms with Crippen LogP contribution in [-0.2, 0) is 27.1 Å². The van der Waals surface area contributed by atoms with Gasteiger partial charge in [0.1, 0.15) is 11.2 Å². The molecule has 0 unspecified atom stereocenters. The van der Waals surface area contributed by atoms with Gasteiger partial charge in [-0.05, 0) is 156 Å². The highest BCUT2D eigenvalue weighted by molar-refractivity contribution is 6.74. The first-order valence-electron chi connectivity index (χ1n) is 28.2. The van der Waals surface area contributed by atoms with E-state index in [2.05, 4.69) is 282 Å². The van der Waals surface area contributed by atoms with E-state index in [1.807, 2.05) is 0 Å². The van der Waals surface area contributed by atoms with Crippen LogP contribution in [0, 0.1) is 0 Å². The highest BCUT2D eigenvalue weighted by Gasteiger charge is 2.39. The van der Waals surface area contributed by atoms with Crippen molar-refractivity contribution in [3.8, 4) is 27.9 Å². The smallest absolute Gasteiger partial charge is 0.198 e. The molecule has 0 bridgehead atoms. The lowest BCUT2D eigenvalue weighted by Gasteiger charge is -2.30. The number of hydrogen-bond acceptors (Lipinski definition) is 3. The number of hydrogen-bond donors (Lipinski definition) is 1. The van der Waals surface area contributed by atoms with Gasteiger partial charge in [0.05, 0.1) is 16.4 Å². The standard InChI is InChI=1S/C73H72BN3O/c1-69(2,3)43-23-30-47(31-24-43)75-59-42-53-51-19-15-17-21-56(51)73(13,14)57(53)41-54(59)63-64-52-20-16-18-22-62(52)78-68(64)65-55-39-46(72(10,11)12)29-38-60(55)77-61-40-50(36-37-58(61)74-66(63)67(65)77)76(48-32-25-44(26-33-48)70(4,5)6)49-34-27-45(28-35-49)71(7,8)9/h15-42,74-75H,1-14H3. The molecule has 0 saturated heterocycles. The molecule has 0 amide bonds. The summed E-state index contributed by atoms with van der Waals surface area (Å²) in [5.41, 5.74) is 26.2. The van der Waals surface area contributed by atoms with Crippen molar-refractivity contribution in [1.29, 1.82) is 0 Å². The Morgan fingerprint density at radius 3 is 1.68 bits per heavy atom. The van der Waals surface area contributed by atoms with E-state index in [1.165, 1.54) is 94.1 Å². The zero-order chi connectivity index (χ0) is 54.6. The second-order valence-electron chi connectivity index (χ2n) is 27.2. The molecule has 13 rings (SSSR count). The van der Waals surface area contributed by atoms with E-state index >= 15 is 0 Å². The van der Waals surface area contributed by atoms with Crippen molar-refractivity contribution in [2.75, 3.05) is 10.2 Å². The van der Waals surface area contributed by atoms with Gasteiger partial charge in [-0.1, -0.05) is 193 Å². The van der Waals surface area contributed by atoms with E-state index in [4.69, 9.17) is 4.42 Å². The minimum absolute atomic E-state index is 0.0320. The number of fused-ring (bicyclic) bond motifs is 12. The number of benzene rings is 9. The van der Waals surface area contributed by atoms with E-state index in [1.54, 1.807) is 0 Å². The molecule has 0 radical (unpaired) electrons. The predicted molar refractivity (Wildman–Crippen MR) is 337 cm³/mol. The molecule has 1 N–H and O–H groups in total. The average Bonchev–Trinajstić information content (AvgIpc) is 3.27. The van der Waals surface area contributed by atoms with Gasteiger partial charge in [-0.3, -0.25) is 0 Å². The fourth-order valence-corrected chi connectivity index (χ4v) is 12.9. The van der Waals surface area contributed by atoms with Crippen molar-refractivity contribution in [1.82, 2.24) is 4.57 Å². The van der Waals surface area contributed by atoms with E-state index in [0.29, 0.717) is 0 Å². The van der Waals surface area contributed by atoms with Crippen molar-refractivity contribution >= 4 is 90.4 Å². The van der Waals surface area contributed by atoms with Crippen molar-refractivity contribution < 1.29 is 4.42 Å². The third-order valence-corrected chi connectivity index (χ3v) is 17.4. The summed E-state index contributed by atoms with van der Waals surface area (Å²) in [6.45, 7) is 32.3. The maximum Gasteiger partial charge on any atom is 0.198 e. The van der Waals surface area contributed by atoms with E-state index < -0.39 is 0 Å². The summed E-state index contributed by atoms with van der Waals surface area (Å²) in [4.78, 5) is 2.44. The molecule has 4 nitrogen and oxygen atoms in total. The van der Waals surface area contributed by atoms with E-state index in [-0.39, 0.29) is 27.1 Å². The second kappa shape index (κ2) is 17.1. The van der Waals surface area contributed by atoms with Crippen LogP contribution in [-0.4, -0.2) is 11.8 Å². The average molecular weight is 1020 g/mol. The molecule has 388 valence electrons. The fraction of sp³-hybridized carbons (Fsp3) is 0.260. The summed E-state index contributed by atoms with van der Waals surface area (Å²) in [5, 5.41) is 8.75. The van der Waals surface area contributed by atoms with Crippen LogP contribution in [0.2, 0.25) is 0 Å². The summed E-state index contributed by atoms with van der Waals surface area (Å²) >= 11 is 0. The molecule has 0 fully saturated rings. The number of furan rings is 1. The van der Waals surface area contributed by atoms with Crippen LogP contribution in [0.25, 0.3) is 71.7 Å². The van der Waals surface area contributed by atoms with Gasteiger partial charge in [-0.15, -0.1) is 0 Å². The number of nitrogens with one attached hydrogen (secondary N) is 1. The Bertz CT molecular complexity index is 4180. The van der Waals surface area contributed by atoms with Gasteiger partial charge in [0.15, 0.2) is 7.28 Å². The van der Waals surface area contributed by atoms with Crippen LogP contribution in [0.3, 0.4) is 0 Å². The Hall–Kier alpha value is -7.76. The monoisotopic (exact) mass is 1020 g/mol. The summed E-state index contributed by atoms with van der Waals surface area (Å²) in [7, 11) is 0.736. The lowest BCUT2D eigenvalue weighted by molar-refractivity contribution is 0.590. The van der Waals surface area contributed by atoms with Gasteiger partial charge in [-0.2, -0.15) is 0 Å². The number of rotatable bonds is 6. The first kappa shape index (κ1) is 49.8. The van der Waals surface area contributed by atoms with Crippen molar-refractivity contribution in [2.24, 2.45) is 0 Å². The first-order valence-corrected chi connectivity index (χ1v) is 28.2. The molecule has 0 saturated carbocycles. The molecular formula is C73H72BN3O. The molecule has 3 heterocycles. The minimum atomic E-state index is -0.222. The molecular weight excluding hydrogens is 946 g/mol. The van der Waals surface area contributed by atoms with Gasteiger partial charge in [0, 0.05) is 61.3 Å². The Morgan fingerprint density at radius 2 is 1.05 bits per heavy atom. The third kappa shape index (κ3) is 7.85. The summed E-state index contributed by atoms with van der Waals surface area (Å²) in [6.07, 6.45) is 0. The Labute approximate surface area is 462 Å². The minimum Gasteiger partial charge on any atom is -0.455 e. The Balaban J connectivity index is 1.12. The SMILES string of the molecule is CC(C)(C)c1ccc(Nc2cc3c(cc2-c2c4c5c(c6cc(C(C)(C)C)ccc6n5-c5cc(N(c6ccc(C(C)(C)C)cc6)c6ccc(C(C)(C)C)cc6)ccc5B4)c4oc5ccccc5c24)C(C)(C)c2ccccc2-3)cc1.